The van der Waals surface area contributed by atoms with E-state index in [1.54, 1.807) is 39.0 Å². The van der Waals surface area contributed by atoms with Crippen molar-refractivity contribution in [3.05, 3.63) is 23.8 Å². The maximum Gasteiger partial charge on any atom is 0.407 e. The Bertz CT molecular complexity index is 639. The predicted molar refractivity (Wildman–Crippen MR) is 99.0 cm³/mol. The Morgan fingerprint density at radius 2 is 1.85 bits per heavy atom. The summed E-state index contributed by atoms with van der Waals surface area (Å²) in [6.07, 6.45) is -2.15. The molecule has 8 nitrogen and oxygen atoms in total. The summed E-state index contributed by atoms with van der Waals surface area (Å²) in [5, 5.41) is 12.8. The van der Waals surface area contributed by atoms with Crippen LogP contribution in [-0.4, -0.2) is 55.7 Å². The predicted octanol–water partition coefficient (Wildman–Crippen LogP) is 2.06. The summed E-state index contributed by atoms with van der Waals surface area (Å²) in [5.74, 6) is 0.237. The van der Waals surface area contributed by atoms with Gasteiger partial charge in [0.1, 0.15) is 5.60 Å². The molecule has 27 heavy (non-hydrogen) atoms. The topological polar surface area (TPSA) is 103 Å². The highest BCUT2D eigenvalue weighted by atomic mass is 16.6. The summed E-state index contributed by atoms with van der Waals surface area (Å²) in [4.78, 5) is 23.9. The molecule has 1 rings (SSSR count). The lowest BCUT2D eigenvalue weighted by Crippen LogP contribution is -2.50. The monoisotopic (exact) mass is 383 g/mol. The van der Waals surface area contributed by atoms with E-state index < -0.39 is 29.8 Å². The molecule has 0 saturated carbocycles. The largest absolute Gasteiger partial charge is 0.493 e. The molecule has 0 aromatic heterocycles. The fraction of sp³-hybridized carbons (Fsp3) is 0.579. The van der Waals surface area contributed by atoms with E-state index in [9.17, 15) is 14.7 Å². The summed E-state index contributed by atoms with van der Waals surface area (Å²) in [5.41, 5.74) is 0.00652. The molecule has 1 aromatic carbocycles. The molecule has 0 bridgehead atoms. The van der Waals surface area contributed by atoms with E-state index in [-0.39, 0.29) is 6.42 Å². The Balaban J connectivity index is 3.02. The van der Waals surface area contributed by atoms with E-state index >= 15 is 0 Å². The number of aliphatic hydroxyl groups is 1. The van der Waals surface area contributed by atoms with Gasteiger partial charge < -0.3 is 29.4 Å². The number of carbonyl (C=O) groups is 2. The number of rotatable bonds is 8. The maximum absolute atomic E-state index is 12.1. The van der Waals surface area contributed by atoms with E-state index in [1.165, 1.54) is 7.11 Å². The number of methoxy groups -OCH3 is 2. The quantitative estimate of drug-likeness (QED) is 0.662. The minimum absolute atomic E-state index is 0.151. The Morgan fingerprint density at radius 3 is 2.37 bits per heavy atom. The van der Waals surface area contributed by atoms with Gasteiger partial charge in [0.05, 0.1) is 26.9 Å². The van der Waals surface area contributed by atoms with E-state index in [1.807, 2.05) is 6.92 Å². The molecule has 2 unspecified atom stereocenters. The Morgan fingerprint density at radius 1 is 1.19 bits per heavy atom. The molecule has 1 aromatic rings. The molecule has 2 N–H and O–H groups in total. The lowest BCUT2D eigenvalue weighted by molar-refractivity contribution is -0.151. The first-order valence-corrected chi connectivity index (χ1v) is 8.66. The Hall–Kier alpha value is -2.48. The van der Waals surface area contributed by atoms with Gasteiger partial charge in [-0.1, -0.05) is 6.07 Å². The van der Waals surface area contributed by atoms with Crippen molar-refractivity contribution in [3.63, 3.8) is 0 Å². The molecule has 0 fully saturated rings. The summed E-state index contributed by atoms with van der Waals surface area (Å²) in [7, 11) is 2.68. The van der Waals surface area contributed by atoms with Crippen LogP contribution in [0.15, 0.2) is 18.2 Å². The molecule has 0 aliphatic rings. The van der Waals surface area contributed by atoms with Crippen molar-refractivity contribution in [2.24, 2.45) is 0 Å². The van der Waals surface area contributed by atoms with Gasteiger partial charge >= 0.3 is 12.1 Å². The number of carbonyl (C=O) groups excluding carboxylic acids is 2. The van der Waals surface area contributed by atoms with Gasteiger partial charge in [0.15, 0.2) is 17.6 Å². The molecule has 0 aliphatic carbocycles. The van der Waals surface area contributed by atoms with Gasteiger partial charge in [-0.2, -0.15) is 0 Å². The van der Waals surface area contributed by atoms with Crippen molar-refractivity contribution in [2.45, 2.75) is 51.9 Å². The fourth-order valence-corrected chi connectivity index (χ4v) is 2.35. The molecular formula is C19H29NO7. The zero-order valence-corrected chi connectivity index (χ0v) is 16.7. The third-order valence-corrected chi connectivity index (χ3v) is 3.51. The first kappa shape index (κ1) is 22.6. The second-order valence-corrected chi connectivity index (χ2v) is 6.84. The second kappa shape index (κ2) is 10.0. The molecule has 8 heteroatoms. The molecule has 0 spiro atoms. The summed E-state index contributed by atoms with van der Waals surface area (Å²) in [6.45, 7) is 7.50. The van der Waals surface area contributed by atoms with Crippen LogP contribution in [0.4, 0.5) is 4.79 Å². The number of hydrogen-bond acceptors (Lipinski definition) is 7. The number of hydrogen-bond donors (Lipinski definition) is 2. The number of nitrogens with one attached hydrogen (secondary N) is 1. The second-order valence-electron chi connectivity index (χ2n) is 6.84. The third kappa shape index (κ3) is 7.34. The van der Waals surface area contributed by atoms with E-state index in [0.717, 1.165) is 12.7 Å². The average molecular weight is 383 g/mol. The first-order valence-electron chi connectivity index (χ1n) is 8.66. The molecular weight excluding hydrogens is 354 g/mol. The summed E-state index contributed by atoms with van der Waals surface area (Å²) in [6, 6.07) is 4.27. The summed E-state index contributed by atoms with van der Waals surface area (Å²) >= 11 is 0. The minimum Gasteiger partial charge on any atom is -0.493 e. The van der Waals surface area contributed by atoms with Crippen molar-refractivity contribution in [1.82, 2.24) is 5.32 Å². The smallest absolute Gasteiger partial charge is 0.407 e. The highest BCUT2D eigenvalue weighted by Crippen LogP contribution is 2.28. The van der Waals surface area contributed by atoms with Crippen molar-refractivity contribution in [1.29, 1.82) is 0 Å². The zero-order chi connectivity index (χ0) is 20.6. The lowest BCUT2D eigenvalue weighted by atomic mass is 10.0. The molecule has 152 valence electrons. The van der Waals surface area contributed by atoms with Crippen molar-refractivity contribution >= 4 is 12.1 Å². The average Bonchev–Trinajstić information content (AvgIpc) is 2.59. The van der Waals surface area contributed by atoms with Crippen molar-refractivity contribution in [2.75, 3.05) is 20.8 Å². The number of ether oxygens (including phenoxy) is 4. The molecule has 0 heterocycles. The molecule has 0 saturated heterocycles. The number of benzene rings is 1. The zero-order valence-electron chi connectivity index (χ0n) is 16.7. The Labute approximate surface area is 159 Å². The van der Waals surface area contributed by atoms with Gasteiger partial charge in [-0.15, -0.1) is 0 Å². The first-order chi connectivity index (χ1) is 12.6. The van der Waals surface area contributed by atoms with Gasteiger partial charge in [-0.25, -0.2) is 9.59 Å². The number of esters is 1. The number of alkyl carbamates (subject to hydrolysis) is 1. The van der Waals surface area contributed by atoms with Gasteiger partial charge in [-0.3, -0.25) is 0 Å². The van der Waals surface area contributed by atoms with Gasteiger partial charge in [0.2, 0.25) is 0 Å². The van der Waals surface area contributed by atoms with Crippen molar-refractivity contribution < 1.29 is 33.6 Å². The van der Waals surface area contributed by atoms with Gasteiger partial charge in [0, 0.05) is 0 Å². The minimum atomic E-state index is -1.56. The van der Waals surface area contributed by atoms with Crippen LogP contribution in [0.3, 0.4) is 0 Å². The van der Waals surface area contributed by atoms with Crippen LogP contribution in [0.2, 0.25) is 0 Å². The van der Waals surface area contributed by atoms with Crippen LogP contribution < -0.4 is 14.8 Å². The highest BCUT2D eigenvalue weighted by Gasteiger charge is 2.30. The SMILES string of the molecule is CCOc1ccc(CC(NC(=O)OC(C)(C)C)C(O)C(=O)OC)cc1OC. The van der Waals surface area contributed by atoms with Crippen LogP contribution in [0.1, 0.15) is 33.3 Å². The Kier molecular flexibility index (Phi) is 8.36. The van der Waals surface area contributed by atoms with Gasteiger partial charge in [-0.05, 0) is 51.8 Å². The molecule has 0 aliphatic heterocycles. The standard InChI is InChI=1S/C19H29NO7/c1-7-26-14-9-8-12(11-15(14)24-5)10-13(16(21)17(22)25-6)20-18(23)27-19(2,3)4/h8-9,11,13,16,21H,7,10H2,1-6H3,(H,20,23). The van der Waals surface area contributed by atoms with E-state index in [0.29, 0.717) is 18.1 Å². The van der Waals surface area contributed by atoms with Crippen LogP contribution in [0, 0.1) is 0 Å². The van der Waals surface area contributed by atoms with Crippen molar-refractivity contribution in [3.8, 4) is 11.5 Å². The third-order valence-electron chi connectivity index (χ3n) is 3.51. The summed E-state index contributed by atoms with van der Waals surface area (Å²) < 4.78 is 20.6. The van der Waals surface area contributed by atoms with Crippen LogP contribution >= 0.6 is 0 Å². The van der Waals surface area contributed by atoms with Gasteiger partial charge in [0.25, 0.3) is 0 Å². The van der Waals surface area contributed by atoms with E-state index in [2.05, 4.69) is 10.1 Å². The van der Waals surface area contributed by atoms with Crippen LogP contribution in [-0.2, 0) is 20.7 Å². The normalized spacial score (nSPS) is 13.3. The molecule has 1 amide bonds. The maximum atomic E-state index is 12.1. The fourth-order valence-electron chi connectivity index (χ4n) is 2.35. The lowest BCUT2D eigenvalue weighted by Gasteiger charge is -2.26. The van der Waals surface area contributed by atoms with Crippen LogP contribution in [0.5, 0.6) is 11.5 Å². The highest BCUT2D eigenvalue weighted by molar-refractivity contribution is 5.77. The number of aliphatic hydroxyl groups excluding tert-OH is 1. The molecule has 2 atom stereocenters. The molecule has 0 radical (unpaired) electrons. The van der Waals surface area contributed by atoms with E-state index in [4.69, 9.17) is 14.2 Å². The number of amides is 1. The van der Waals surface area contributed by atoms with Crippen LogP contribution in [0.25, 0.3) is 0 Å².